The summed E-state index contributed by atoms with van der Waals surface area (Å²) in [6.45, 7) is 3.10. The zero-order valence-corrected chi connectivity index (χ0v) is 17.7. The third-order valence-corrected chi connectivity index (χ3v) is 6.95. The number of ether oxygens (including phenoxy) is 1. The summed E-state index contributed by atoms with van der Waals surface area (Å²) in [6, 6.07) is 5.07. The number of hydrogen-bond donors (Lipinski definition) is 0. The van der Waals surface area contributed by atoms with Gasteiger partial charge in [-0.1, -0.05) is 0 Å². The SMILES string of the molecule is COc1ccc2oc(C)c(C(=O)N(CCCN(C)C)C3CCS(=O)(=O)C3)c2c1. The molecule has 1 fully saturated rings. The first-order valence-electron chi connectivity index (χ1n) is 9.45. The second-order valence-electron chi connectivity index (χ2n) is 7.61. The number of carbonyl (C=O) groups is 1. The van der Waals surface area contributed by atoms with Gasteiger partial charge in [0.05, 0.1) is 24.2 Å². The second kappa shape index (κ2) is 8.13. The maximum atomic E-state index is 13.5. The number of nitrogens with zero attached hydrogens (tertiary/aromatic N) is 2. The van der Waals surface area contributed by atoms with Crippen LogP contribution >= 0.6 is 0 Å². The Morgan fingerprint density at radius 1 is 1.29 bits per heavy atom. The standard InChI is InChI=1S/C20H28N2O5S/c1-14-19(17-12-16(26-4)6-7-18(17)27-14)20(23)22(10-5-9-21(2)3)15-8-11-28(24,25)13-15/h6-7,12,15H,5,8-11,13H2,1-4H3. The average molecular weight is 409 g/mol. The molecule has 0 N–H and O–H groups in total. The molecule has 0 saturated carbocycles. The van der Waals surface area contributed by atoms with Crippen LogP contribution in [0.3, 0.4) is 0 Å². The summed E-state index contributed by atoms with van der Waals surface area (Å²) in [6.07, 6.45) is 1.25. The van der Waals surface area contributed by atoms with E-state index in [9.17, 15) is 13.2 Å². The predicted molar refractivity (Wildman–Crippen MR) is 109 cm³/mol. The van der Waals surface area contributed by atoms with Crippen molar-refractivity contribution < 1.29 is 22.4 Å². The fourth-order valence-corrected chi connectivity index (χ4v) is 5.49. The molecule has 1 aromatic heterocycles. The van der Waals surface area contributed by atoms with E-state index in [1.165, 1.54) is 0 Å². The number of aryl methyl sites for hydroxylation is 1. The molecule has 1 aromatic carbocycles. The number of sulfone groups is 1. The van der Waals surface area contributed by atoms with Crippen molar-refractivity contribution in [1.82, 2.24) is 9.80 Å². The highest BCUT2D eigenvalue weighted by atomic mass is 32.2. The maximum absolute atomic E-state index is 13.5. The molecule has 2 heterocycles. The first-order valence-corrected chi connectivity index (χ1v) is 11.3. The van der Waals surface area contributed by atoms with E-state index in [2.05, 4.69) is 4.90 Å². The minimum absolute atomic E-state index is 0.0266. The van der Waals surface area contributed by atoms with E-state index in [-0.39, 0.29) is 23.5 Å². The van der Waals surface area contributed by atoms with E-state index in [0.29, 0.717) is 41.0 Å². The summed E-state index contributed by atoms with van der Waals surface area (Å²) in [7, 11) is 2.44. The summed E-state index contributed by atoms with van der Waals surface area (Å²) in [5, 5.41) is 0.695. The third-order valence-electron chi connectivity index (χ3n) is 5.20. The van der Waals surface area contributed by atoms with Crippen LogP contribution in [0.2, 0.25) is 0 Å². The van der Waals surface area contributed by atoms with Crippen LogP contribution in [0.4, 0.5) is 0 Å². The molecule has 0 aliphatic carbocycles. The van der Waals surface area contributed by atoms with E-state index in [4.69, 9.17) is 9.15 Å². The minimum atomic E-state index is -3.10. The second-order valence-corrected chi connectivity index (χ2v) is 9.84. The lowest BCUT2D eigenvalue weighted by Crippen LogP contribution is -2.42. The van der Waals surface area contributed by atoms with Crippen molar-refractivity contribution >= 4 is 26.7 Å². The van der Waals surface area contributed by atoms with Crippen LogP contribution in [0.1, 0.15) is 29.0 Å². The molecule has 0 bridgehead atoms. The molecule has 1 atom stereocenters. The van der Waals surface area contributed by atoms with Crippen molar-refractivity contribution in [3.63, 3.8) is 0 Å². The predicted octanol–water partition coefficient (Wildman–Crippen LogP) is 2.33. The summed E-state index contributed by atoms with van der Waals surface area (Å²) in [4.78, 5) is 17.3. The number of fused-ring (bicyclic) bond motifs is 1. The van der Waals surface area contributed by atoms with E-state index in [1.807, 2.05) is 14.1 Å². The summed E-state index contributed by atoms with van der Waals surface area (Å²) >= 11 is 0. The molecule has 1 unspecified atom stereocenters. The van der Waals surface area contributed by atoms with E-state index in [0.717, 1.165) is 13.0 Å². The number of carbonyl (C=O) groups excluding carboxylic acids is 1. The molecular formula is C20H28N2O5S. The zero-order valence-electron chi connectivity index (χ0n) is 16.9. The van der Waals surface area contributed by atoms with Gasteiger partial charge in [0.1, 0.15) is 17.1 Å². The Balaban J connectivity index is 1.96. The van der Waals surface area contributed by atoms with Crippen molar-refractivity contribution in [3.05, 3.63) is 29.5 Å². The van der Waals surface area contributed by atoms with Crippen LogP contribution in [-0.4, -0.2) is 76.0 Å². The summed E-state index contributed by atoms with van der Waals surface area (Å²) in [5.41, 5.74) is 1.11. The molecule has 0 spiro atoms. The minimum Gasteiger partial charge on any atom is -0.497 e. The topological polar surface area (TPSA) is 80.1 Å². The van der Waals surface area contributed by atoms with E-state index < -0.39 is 9.84 Å². The van der Waals surface area contributed by atoms with Crippen molar-refractivity contribution in [2.24, 2.45) is 0 Å². The first-order chi connectivity index (χ1) is 13.2. The molecule has 7 nitrogen and oxygen atoms in total. The van der Waals surface area contributed by atoms with Crippen molar-refractivity contribution in [1.29, 1.82) is 0 Å². The van der Waals surface area contributed by atoms with Gasteiger partial charge in [-0.2, -0.15) is 0 Å². The van der Waals surface area contributed by atoms with Gasteiger partial charge in [0.15, 0.2) is 9.84 Å². The van der Waals surface area contributed by atoms with Gasteiger partial charge < -0.3 is 19.0 Å². The van der Waals surface area contributed by atoms with Gasteiger partial charge in [0.2, 0.25) is 0 Å². The fourth-order valence-electron chi connectivity index (χ4n) is 3.76. The quantitative estimate of drug-likeness (QED) is 0.700. The number of benzene rings is 1. The maximum Gasteiger partial charge on any atom is 0.258 e. The molecule has 28 heavy (non-hydrogen) atoms. The molecule has 1 aliphatic rings. The highest BCUT2D eigenvalue weighted by Gasteiger charge is 2.36. The van der Waals surface area contributed by atoms with Crippen molar-refractivity contribution in [3.8, 4) is 5.75 Å². The van der Waals surface area contributed by atoms with E-state index in [1.54, 1.807) is 37.1 Å². The van der Waals surface area contributed by atoms with Gasteiger partial charge >= 0.3 is 0 Å². The zero-order chi connectivity index (χ0) is 20.5. The van der Waals surface area contributed by atoms with Crippen LogP contribution in [0, 0.1) is 6.92 Å². The van der Waals surface area contributed by atoms with Crippen molar-refractivity contribution in [2.75, 3.05) is 45.8 Å². The monoisotopic (exact) mass is 408 g/mol. The lowest BCUT2D eigenvalue weighted by Gasteiger charge is -2.29. The fraction of sp³-hybridized carbons (Fsp3) is 0.550. The van der Waals surface area contributed by atoms with Gasteiger partial charge in [-0.05, 0) is 58.6 Å². The van der Waals surface area contributed by atoms with Gasteiger partial charge in [-0.15, -0.1) is 0 Å². The molecule has 1 saturated heterocycles. The Labute approximate surface area is 166 Å². The Bertz CT molecular complexity index is 964. The van der Waals surface area contributed by atoms with Crippen LogP contribution < -0.4 is 4.74 Å². The highest BCUT2D eigenvalue weighted by molar-refractivity contribution is 7.91. The van der Waals surface area contributed by atoms with Crippen LogP contribution in [0.5, 0.6) is 5.75 Å². The molecular weight excluding hydrogens is 380 g/mol. The van der Waals surface area contributed by atoms with Gasteiger partial charge in [0.25, 0.3) is 5.91 Å². The number of amides is 1. The molecule has 154 valence electrons. The molecule has 1 aliphatic heterocycles. The first kappa shape index (κ1) is 20.7. The Morgan fingerprint density at radius 2 is 2.04 bits per heavy atom. The molecule has 8 heteroatoms. The number of hydrogen-bond acceptors (Lipinski definition) is 6. The third kappa shape index (κ3) is 4.33. The number of rotatable bonds is 7. The average Bonchev–Trinajstić information content (AvgIpc) is 3.15. The molecule has 1 amide bonds. The van der Waals surface area contributed by atoms with Gasteiger partial charge in [-0.25, -0.2) is 8.42 Å². The highest BCUT2D eigenvalue weighted by Crippen LogP contribution is 2.31. The smallest absolute Gasteiger partial charge is 0.258 e. The Morgan fingerprint density at radius 3 is 2.64 bits per heavy atom. The normalized spacial score (nSPS) is 18.7. The summed E-state index contributed by atoms with van der Waals surface area (Å²) in [5.74, 6) is 1.16. The lowest BCUT2D eigenvalue weighted by molar-refractivity contribution is 0.0690. The van der Waals surface area contributed by atoms with Crippen LogP contribution in [-0.2, 0) is 9.84 Å². The molecule has 0 radical (unpaired) electrons. The van der Waals surface area contributed by atoms with E-state index >= 15 is 0 Å². The van der Waals surface area contributed by atoms with Gasteiger partial charge in [-0.3, -0.25) is 4.79 Å². The number of methoxy groups -OCH3 is 1. The molecule has 3 rings (SSSR count). The Kier molecular flexibility index (Phi) is 6.00. The largest absolute Gasteiger partial charge is 0.497 e. The lowest BCUT2D eigenvalue weighted by atomic mass is 10.1. The van der Waals surface area contributed by atoms with Crippen LogP contribution in [0.15, 0.2) is 22.6 Å². The van der Waals surface area contributed by atoms with Crippen molar-refractivity contribution in [2.45, 2.75) is 25.8 Å². The van der Waals surface area contributed by atoms with Crippen LogP contribution in [0.25, 0.3) is 11.0 Å². The van der Waals surface area contributed by atoms with Gasteiger partial charge in [0, 0.05) is 18.0 Å². The summed E-state index contributed by atoms with van der Waals surface area (Å²) < 4.78 is 35.1. The number of furan rings is 1. The molecule has 2 aromatic rings. The Hall–Kier alpha value is -2.06.